The zero-order chi connectivity index (χ0) is 20.3. The van der Waals surface area contributed by atoms with Crippen molar-refractivity contribution in [1.29, 1.82) is 0 Å². The summed E-state index contributed by atoms with van der Waals surface area (Å²) in [6.07, 6.45) is 2.24. The zero-order valence-electron chi connectivity index (χ0n) is 17.1. The first-order valence-corrected chi connectivity index (χ1v) is 9.67. The molecule has 2 saturated heterocycles. The molecule has 0 saturated carbocycles. The monoisotopic (exact) mass is 390 g/mol. The van der Waals surface area contributed by atoms with Gasteiger partial charge in [0.2, 0.25) is 5.91 Å². The average molecular weight is 390 g/mol. The summed E-state index contributed by atoms with van der Waals surface area (Å²) in [5.74, 6) is 1.17. The fraction of sp³-hybridized carbons (Fsp3) is 0.600. The third-order valence-corrected chi connectivity index (χ3v) is 5.69. The molecule has 0 aliphatic carbocycles. The number of nitrogens with one attached hydrogen (secondary N) is 1. The normalized spacial score (nSPS) is 20.9. The molecule has 0 bridgehead atoms. The molecule has 1 N–H and O–H groups in total. The molecule has 0 unspecified atom stereocenters. The lowest BCUT2D eigenvalue weighted by molar-refractivity contribution is -0.117. The maximum absolute atomic E-state index is 12.6. The van der Waals surface area contributed by atoms with Gasteiger partial charge in [-0.3, -0.25) is 4.79 Å². The van der Waals surface area contributed by atoms with Crippen LogP contribution >= 0.6 is 0 Å². The van der Waals surface area contributed by atoms with E-state index in [0.717, 1.165) is 31.6 Å². The van der Waals surface area contributed by atoms with Crippen LogP contribution in [0.5, 0.6) is 11.5 Å². The summed E-state index contributed by atoms with van der Waals surface area (Å²) in [5, 5.41) is 3.02. The van der Waals surface area contributed by atoms with E-state index < -0.39 is 0 Å². The van der Waals surface area contributed by atoms with Crippen LogP contribution in [0.25, 0.3) is 0 Å². The molecule has 2 fully saturated rings. The third-order valence-electron chi connectivity index (χ3n) is 5.69. The Hall–Kier alpha value is -2.48. The lowest BCUT2D eigenvalue weighted by atomic mass is 10.0. The second kappa shape index (κ2) is 8.68. The van der Waals surface area contributed by atoms with E-state index in [1.807, 2.05) is 13.1 Å². The predicted octanol–water partition coefficient (Wildman–Crippen LogP) is 1.54. The van der Waals surface area contributed by atoms with Crippen molar-refractivity contribution < 1.29 is 19.1 Å². The molecular weight excluding hydrogens is 360 g/mol. The topological polar surface area (TPSA) is 74.4 Å². The van der Waals surface area contributed by atoms with E-state index in [4.69, 9.17) is 9.47 Å². The van der Waals surface area contributed by atoms with Crippen molar-refractivity contribution in [2.45, 2.75) is 31.3 Å². The van der Waals surface area contributed by atoms with Crippen LogP contribution in [0.3, 0.4) is 0 Å². The van der Waals surface area contributed by atoms with Crippen LogP contribution in [-0.2, 0) is 4.79 Å². The number of hydrogen-bond donors (Lipinski definition) is 1. The maximum atomic E-state index is 12.6. The number of rotatable bonds is 5. The van der Waals surface area contributed by atoms with Crippen molar-refractivity contribution in [3.8, 4) is 11.5 Å². The van der Waals surface area contributed by atoms with Gasteiger partial charge in [-0.2, -0.15) is 0 Å². The number of urea groups is 1. The number of amides is 3. The summed E-state index contributed by atoms with van der Waals surface area (Å²) in [6.45, 7) is 2.44. The number of carbonyl (C=O) groups excluding carboxylic acids is 2. The first-order valence-electron chi connectivity index (χ1n) is 9.67. The van der Waals surface area contributed by atoms with Gasteiger partial charge in [-0.05, 0) is 45.1 Å². The van der Waals surface area contributed by atoms with E-state index in [0.29, 0.717) is 24.5 Å². The van der Waals surface area contributed by atoms with Crippen molar-refractivity contribution in [1.82, 2.24) is 15.1 Å². The lowest BCUT2D eigenvalue weighted by Gasteiger charge is -2.35. The number of nitrogens with zero attached hydrogens (tertiary/aromatic N) is 3. The Morgan fingerprint density at radius 3 is 2.50 bits per heavy atom. The van der Waals surface area contributed by atoms with Crippen molar-refractivity contribution in [3.05, 3.63) is 18.2 Å². The Labute approximate surface area is 166 Å². The number of methoxy groups -OCH3 is 2. The molecule has 2 aliphatic rings. The lowest BCUT2D eigenvalue weighted by Crippen LogP contribution is -2.50. The first-order chi connectivity index (χ1) is 13.4. The molecule has 0 aromatic heterocycles. The second-order valence-corrected chi connectivity index (χ2v) is 7.54. The summed E-state index contributed by atoms with van der Waals surface area (Å²) >= 11 is 0. The van der Waals surface area contributed by atoms with Crippen LogP contribution in [0.4, 0.5) is 10.5 Å². The summed E-state index contributed by atoms with van der Waals surface area (Å²) in [5.41, 5.74) is 0.739. The Balaban J connectivity index is 1.60. The number of benzene rings is 1. The molecule has 0 radical (unpaired) electrons. The molecule has 8 heteroatoms. The van der Waals surface area contributed by atoms with Crippen LogP contribution in [0.2, 0.25) is 0 Å². The van der Waals surface area contributed by atoms with Gasteiger partial charge in [-0.25, -0.2) is 4.79 Å². The van der Waals surface area contributed by atoms with E-state index >= 15 is 0 Å². The molecule has 2 aliphatic heterocycles. The molecule has 3 rings (SSSR count). The Kier molecular flexibility index (Phi) is 6.28. The number of likely N-dealkylation sites (tertiary alicyclic amines) is 1. The molecule has 1 aromatic carbocycles. The fourth-order valence-electron chi connectivity index (χ4n) is 3.87. The van der Waals surface area contributed by atoms with E-state index in [1.54, 1.807) is 36.2 Å². The van der Waals surface area contributed by atoms with Crippen molar-refractivity contribution in [2.24, 2.45) is 0 Å². The number of carbonyl (C=O) groups is 2. The summed E-state index contributed by atoms with van der Waals surface area (Å²) in [6, 6.07) is 5.32. The van der Waals surface area contributed by atoms with Crippen LogP contribution < -0.4 is 19.7 Å². The smallest absolute Gasteiger partial charge is 0.317 e. The second-order valence-electron chi connectivity index (χ2n) is 7.54. The molecule has 28 heavy (non-hydrogen) atoms. The molecule has 3 amide bonds. The van der Waals surface area contributed by atoms with Gasteiger partial charge in [0, 0.05) is 37.8 Å². The van der Waals surface area contributed by atoms with Gasteiger partial charge in [0.05, 0.1) is 20.3 Å². The van der Waals surface area contributed by atoms with Gasteiger partial charge in [0.15, 0.2) is 11.5 Å². The minimum atomic E-state index is -0.207. The first kappa shape index (κ1) is 20.3. The van der Waals surface area contributed by atoms with Gasteiger partial charge in [-0.1, -0.05) is 0 Å². The van der Waals surface area contributed by atoms with Gasteiger partial charge in [0.1, 0.15) is 0 Å². The minimum Gasteiger partial charge on any atom is -0.493 e. The molecule has 2 heterocycles. The van der Waals surface area contributed by atoms with E-state index in [2.05, 4.69) is 17.3 Å². The number of hydrogen-bond acceptors (Lipinski definition) is 5. The Morgan fingerprint density at radius 1 is 1.18 bits per heavy atom. The fourth-order valence-corrected chi connectivity index (χ4v) is 3.87. The molecule has 0 spiro atoms. The van der Waals surface area contributed by atoms with Crippen LogP contribution in [0, 0.1) is 0 Å². The number of anilines is 1. The highest BCUT2D eigenvalue weighted by Gasteiger charge is 2.33. The zero-order valence-corrected chi connectivity index (χ0v) is 17.1. The summed E-state index contributed by atoms with van der Waals surface area (Å²) in [7, 11) is 7.08. The maximum Gasteiger partial charge on any atom is 0.317 e. The van der Waals surface area contributed by atoms with E-state index in [9.17, 15) is 9.59 Å². The van der Waals surface area contributed by atoms with Gasteiger partial charge < -0.3 is 29.5 Å². The Morgan fingerprint density at radius 2 is 1.86 bits per heavy atom. The van der Waals surface area contributed by atoms with E-state index in [1.165, 1.54) is 0 Å². The molecule has 1 atom stereocenters. The molecule has 8 nitrogen and oxygen atoms in total. The van der Waals surface area contributed by atoms with Crippen molar-refractivity contribution >= 4 is 17.6 Å². The molecular formula is C20H30N4O4. The standard InChI is InChI=1S/C20H30N4O4/c1-22-9-7-15(8-10-22)23(2)20(26)21-14-11-19(25)24(13-14)16-5-6-17(27-3)18(12-16)28-4/h5-6,12,14-15H,7-11,13H2,1-4H3,(H,21,26)/t14-/m0/s1. The quantitative estimate of drug-likeness (QED) is 0.826. The van der Waals surface area contributed by atoms with Gasteiger partial charge in [0.25, 0.3) is 0 Å². The van der Waals surface area contributed by atoms with Crippen LogP contribution in [0.1, 0.15) is 19.3 Å². The van der Waals surface area contributed by atoms with Crippen LogP contribution in [0.15, 0.2) is 18.2 Å². The number of piperidine rings is 1. The van der Waals surface area contributed by atoms with Gasteiger partial charge >= 0.3 is 6.03 Å². The summed E-state index contributed by atoms with van der Waals surface area (Å²) in [4.78, 5) is 30.9. The number of ether oxygens (including phenoxy) is 2. The third kappa shape index (κ3) is 4.32. The molecule has 1 aromatic rings. The largest absolute Gasteiger partial charge is 0.493 e. The molecule has 154 valence electrons. The minimum absolute atomic E-state index is 0.0144. The van der Waals surface area contributed by atoms with Crippen molar-refractivity contribution in [3.63, 3.8) is 0 Å². The van der Waals surface area contributed by atoms with Crippen molar-refractivity contribution in [2.75, 3.05) is 52.8 Å². The van der Waals surface area contributed by atoms with E-state index in [-0.39, 0.29) is 24.0 Å². The highest BCUT2D eigenvalue weighted by molar-refractivity contribution is 5.97. The van der Waals surface area contributed by atoms with Gasteiger partial charge in [-0.15, -0.1) is 0 Å². The highest BCUT2D eigenvalue weighted by Crippen LogP contribution is 2.33. The Bertz CT molecular complexity index is 718. The van der Waals surface area contributed by atoms with Crippen LogP contribution in [-0.4, -0.2) is 81.8 Å². The summed E-state index contributed by atoms with van der Waals surface area (Å²) < 4.78 is 10.6. The predicted molar refractivity (Wildman–Crippen MR) is 107 cm³/mol. The SMILES string of the molecule is COc1ccc(N2C[C@@H](NC(=O)N(C)C3CCN(C)CC3)CC2=O)cc1OC. The highest BCUT2D eigenvalue weighted by atomic mass is 16.5. The average Bonchev–Trinajstić information content (AvgIpc) is 3.07.